The highest BCUT2D eigenvalue weighted by Crippen LogP contribution is 2.26. The Hall–Kier alpha value is -2.90. The maximum absolute atomic E-state index is 13.1. The molecule has 2 aliphatic rings. The molecule has 2 aliphatic heterocycles. The summed E-state index contributed by atoms with van der Waals surface area (Å²) in [6.45, 7) is 6.10. The van der Waals surface area contributed by atoms with Gasteiger partial charge in [0.2, 0.25) is 0 Å². The lowest BCUT2D eigenvalue weighted by molar-refractivity contribution is 0.0771. The van der Waals surface area contributed by atoms with E-state index < -0.39 is 0 Å². The third-order valence-electron chi connectivity index (χ3n) is 5.78. The number of carbonyl (C=O) groups is 1. The zero-order chi connectivity index (χ0) is 21.5. The number of anilines is 1. The normalized spacial score (nSPS) is 17.1. The standard InChI is InChI=1S/C24H30N4O3/c1-30-18-20-19-31-22-9-3-2-8-21(22)24(29)28(20)13-7-6-12-26-14-16-27(17-15-26)23-10-4-5-11-25-23/h2-5,8-11,19H,6-7,12-18H2,1H3. The first-order valence-corrected chi connectivity index (χ1v) is 10.9. The number of carbonyl (C=O) groups excluding carboxylic acids is 1. The highest BCUT2D eigenvalue weighted by molar-refractivity contribution is 5.98. The summed E-state index contributed by atoms with van der Waals surface area (Å²) in [6.07, 6.45) is 5.46. The number of hydrogen-bond acceptors (Lipinski definition) is 6. The molecule has 0 bridgehead atoms. The lowest BCUT2D eigenvalue weighted by Gasteiger charge is -2.35. The van der Waals surface area contributed by atoms with Gasteiger partial charge in [0.15, 0.2) is 0 Å². The van der Waals surface area contributed by atoms with Gasteiger partial charge in [-0.3, -0.25) is 9.69 Å². The van der Waals surface area contributed by atoms with Crippen LogP contribution in [0.5, 0.6) is 5.75 Å². The number of nitrogens with zero attached hydrogens (tertiary/aromatic N) is 4. The number of unbranched alkanes of at least 4 members (excludes halogenated alkanes) is 1. The quantitative estimate of drug-likeness (QED) is 0.610. The molecule has 0 unspecified atom stereocenters. The molecule has 1 fully saturated rings. The van der Waals surface area contributed by atoms with Gasteiger partial charge in [0, 0.05) is 46.0 Å². The molecule has 0 N–H and O–H groups in total. The van der Waals surface area contributed by atoms with E-state index in [2.05, 4.69) is 20.9 Å². The van der Waals surface area contributed by atoms with Crippen molar-refractivity contribution in [1.29, 1.82) is 0 Å². The third kappa shape index (κ3) is 5.24. The Morgan fingerprint density at radius 1 is 1.00 bits per heavy atom. The van der Waals surface area contributed by atoms with E-state index in [1.165, 1.54) is 0 Å². The van der Waals surface area contributed by atoms with Crippen molar-refractivity contribution >= 4 is 11.7 Å². The molecule has 1 saturated heterocycles. The van der Waals surface area contributed by atoms with Crippen molar-refractivity contribution in [3.63, 3.8) is 0 Å². The van der Waals surface area contributed by atoms with Crippen LogP contribution in [0.3, 0.4) is 0 Å². The van der Waals surface area contributed by atoms with Gasteiger partial charge in [-0.05, 0) is 43.7 Å². The molecule has 0 radical (unpaired) electrons. The highest BCUT2D eigenvalue weighted by Gasteiger charge is 2.26. The first-order chi connectivity index (χ1) is 15.3. The van der Waals surface area contributed by atoms with Crippen LogP contribution in [-0.4, -0.2) is 73.7 Å². The van der Waals surface area contributed by atoms with Crippen LogP contribution in [-0.2, 0) is 4.74 Å². The predicted molar refractivity (Wildman–Crippen MR) is 120 cm³/mol. The molecule has 4 rings (SSSR count). The molecule has 7 heteroatoms. The van der Waals surface area contributed by atoms with E-state index in [1.54, 1.807) is 18.3 Å². The van der Waals surface area contributed by atoms with Crippen LogP contribution in [0.25, 0.3) is 0 Å². The number of amides is 1. The number of aromatic nitrogens is 1. The van der Waals surface area contributed by atoms with Crippen LogP contribution in [0.1, 0.15) is 23.2 Å². The molecule has 1 aromatic heterocycles. The number of methoxy groups -OCH3 is 1. The second kappa shape index (κ2) is 10.4. The fourth-order valence-electron chi connectivity index (χ4n) is 4.07. The second-order valence-electron chi connectivity index (χ2n) is 7.84. The van der Waals surface area contributed by atoms with Gasteiger partial charge in [-0.15, -0.1) is 0 Å². The molecule has 2 aromatic rings. The summed E-state index contributed by atoms with van der Waals surface area (Å²) in [5.74, 6) is 1.62. The van der Waals surface area contributed by atoms with E-state index in [-0.39, 0.29) is 5.91 Å². The molecule has 0 spiro atoms. The molecular formula is C24H30N4O3. The van der Waals surface area contributed by atoms with E-state index in [1.807, 2.05) is 42.6 Å². The minimum absolute atomic E-state index is 0.0274. The van der Waals surface area contributed by atoms with Crippen LogP contribution in [0.15, 0.2) is 60.6 Å². The predicted octanol–water partition coefficient (Wildman–Crippen LogP) is 3.01. The number of ether oxygens (including phenoxy) is 2. The van der Waals surface area contributed by atoms with Gasteiger partial charge >= 0.3 is 0 Å². The average Bonchev–Trinajstić information content (AvgIpc) is 2.95. The molecule has 7 nitrogen and oxygen atoms in total. The number of hydrogen-bond donors (Lipinski definition) is 0. The molecular weight excluding hydrogens is 392 g/mol. The second-order valence-corrected chi connectivity index (χ2v) is 7.84. The molecule has 0 aliphatic carbocycles. The maximum Gasteiger partial charge on any atom is 0.261 e. The lowest BCUT2D eigenvalue weighted by Crippen LogP contribution is -2.47. The SMILES string of the molecule is COCC1=COc2ccccc2C(=O)N1CCCCN1CCN(c2ccccn2)CC1. The van der Waals surface area contributed by atoms with Crippen LogP contribution in [0.2, 0.25) is 0 Å². The first kappa shape index (κ1) is 21.3. The summed E-state index contributed by atoms with van der Waals surface area (Å²) >= 11 is 0. The van der Waals surface area contributed by atoms with Gasteiger partial charge < -0.3 is 19.3 Å². The fourth-order valence-corrected chi connectivity index (χ4v) is 4.07. The number of rotatable bonds is 8. The average molecular weight is 423 g/mol. The molecule has 1 aromatic carbocycles. The number of benzene rings is 1. The van der Waals surface area contributed by atoms with Crippen molar-refractivity contribution in [3.8, 4) is 5.75 Å². The fraction of sp³-hybridized carbons (Fsp3) is 0.417. The third-order valence-corrected chi connectivity index (χ3v) is 5.78. The summed E-state index contributed by atoms with van der Waals surface area (Å²) in [6, 6.07) is 13.4. The summed E-state index contributed by atoms with van der Waals surface area (Å²) in [7, 11) is 1.63. The van der Waals surface area contributed by atoms with Gasteiger partial charge in [0.1, 0.15) is 17.8 Å². The van der Waals surface area contributed by atoms with Crippen molar-refractivity contribution < 1.29 is 14.3 Å². The van der Waals surface area contributed by atoms with Crippen LogP contribution in [0.4, 0.5) is 5.82 Å². The molecule has 31 heavy (non-hydrogen) atoms. The topological polar surface area (TPSA) is 58.1 Å². The Bertz CT molecular complexity index is 895. The van der Waals surface area contributed by atoms with E-state index in [9.17, 15) is 4.79 Å². The Kier molecular flexibility index (Phi) is 7.17. The Morgan fingerprint density at radius 2 is 1.77 bits per heavy atom. The van der Waals surface area contributed by atoms with Crippen molar-refractivity contribution in [2.45, 2.75) is 12.8 Å². The maximum atomic E-state index is 13.1. The van der Waals surface area contributed by atoms with Gasteiger partial charge in [-0.2, -0.15) is 0 Å². The summed E-state index contributed by atoms with van der Waals surface area (Å²) in [5, 5.41) is 0. The van der Waals surface area contributed by atoms with Crippen LogP contribution in [0, 0.1) is 0 Å². The monoisotopic (exact) mass is 422 g/mol. The largest absolute Gasteiger partial charge is 0.462 e. The minimum Gasteiger partial charge on any atom is -0.462 e. The van der Waals surface area contributed by atoms with Crippen LogP contribution < -0.4 is 9.64 Å². The first-order valence-electron chi connectivity index (χ1n) is 10.9. The molecule has 1 amide bonds. The lowest BCUT2D eigenvalue weighted by atomic mass is 10.1. The van der Waals surface area contributed by atoms with Gasteiger partial charge in [0.05, 0.1) is 17.9 Å². The molecule has 3 heterocycles. The zero-order valence-electron chi connectivity index (χ0n) is 18.1. The minimum atomic E-state index is -0.0274. The van der Waals surface area contributed by atoms with E-state index in [0.29, 0.717) is 24.5 Å². The number of fused-ring (bicyclic) bond motifs is 1. The zero-order valence-corrected chi connectivity index (χ0v) is 18.1. The molecule has 164 valence electrons. The van der Waals surface area contributed by atoms with Crippen LogP contribution >= 0.6 is 0 Å². The van der Waals surface area contributed by atoms with Crippen molar-refractivity contribution in [1.82, 2.24) is 14.8 Å². The van der Waals surface area contributed by atoms with E-state index >= 15 is 0 Å². The number of para-hydroxylation sites is 1. The summed E-state index contributed by atoms with van der Waals surface area (Å²) < 4.78 is 11.0. The van der Waals surface area contributed by atoms with Crippen molar-refractivity contribution in [3.05, 3.63) is 66.2 Å². The highest BCUT2D eigenvalue weighted by atomic mass is 16.5. The molecule has 0 saturated carbocycles. The summed E-state index contributed by atoms with van der Waals surface area (Å²) in [4.78, 5) is 24.2. The number of pyridine rings is 1. The molecule has 0 atom stereocenters. The smallest absolute Gasteiger partial charge is 0.261 e. The Morgan fingerprint density at radius 3 is 2.55 bits per heavy atom. The Balaban J connectivity index is 1.27. The van der Waals surface area contributed by atoms with Gasteiger partial charge in [-0.25, -0.2) is 4.98 Å². The number of piperazine rings is 1. The van der Waals surface area contributed by atoms with Gasteiger partial charge in [0.25, 0.3) is 5.91 Å². The van der Waals surface area contributed by atoms with E-state index in [4.69, 9.17) is 9.47 Å². The van der Waals surface area contributed by atoms with Crippen molar-refractivity contribution in [2.24, 2.45) is 0 Å². The summed E-state index contributed by atoms with van der Waals surface area (Å²) in [5.41, 5.74) is 1.35. The van der Waals surface area contributed by atoms with E-state index in [0.717, 1.165) is 57.1 Å². The van der Waals surface area contributed by atoms with Gasteiger partial charge in [-0.1, -0.05) is 18.2 Å². The van der Waals surface area contributed by atoms with Crippen molar-refractivity contribution in [2.75, 3.05) is 57.9 Å². The Labute approximate surface area is 183 Å².